The molecule has 5 aromatic rings. The summed E-state index contributed by atoms with van der Waals surface area (Å²) in [6.45, 7) is 3.76. The van der Waals surface area contributed by atoms with Crippen molar-refractivity contribution in [2.24, 2.45) is 0 Å². The standard InChI is InChI=1S/C40H39F2IN6O4/c1-22-16-32(47(18-23-4-12-28(52-2)13-5-23)19-24-6-14-29(53-3)15-7-24)44-37(35(22)43)33-30(25-8-9-25)17-31-36(34(33)41)45-39(42)46-38(31)48-20-26-10-11-27(21-48)49(26)40(50)51/h4-7,12-17,25-27H,8-11,18-21H2,1-3H3,(H,50,51). The third-order valence-corrected chi connectivity index (χ3v) is 12.0. The van der Waals surface area contributed by atoms with E-state index in [-0.39, 0.29) is 23.5 Å². The Morgan fingerprint density at radius 3 is 2.00 bits per heavy atom. The van der Waals surface area contributed by atoms with Crippen molar-refractivity contribution in [3.63, 3.8) is 0 Å². The number of benzene rings is 3. The lowest BCUT2D eigenvalue weighted by Crippen LogP contribution is -2.55. The zero-order valence-corrected chi connectivity index (χ0v) is 31.8. The van der Waals surface area contributed by atoms with Crippen LogP contribution in [0.25, 0.3) is 22.2 Å². The molecule has 274 valence electrons. The van der Waals surface area contributed by atoms with Crippen LogP contribution in [0.5, 0.6) is 11.5 Å². The second kappa shape index (κ2) is 14.2. The molecule has 2 saturated heterocycles. The zero-order chi connectivity index (χ0) is 37.0. The molecule has 3 aliphatic rings. The van der Waals surface area contributed by atoms with Crippen LogP contribution < -0.4 is 19.3 Å². The number of aromatic nitrogens is 3. The number of carboxylic acid groups (broad SMARTS) is 1. The monoisotopic (exact) mass is 832 g/mol. The van der Waals surface area contributed by atoms with E-state index in [4.69, 9.17) is 14.5 Å². The Morgan fingerprint density at radius 1 is 0.887 bits per heavy atom. The van der Waals surface area contributed by atoms with Gasteiger partial charge in [-0.3, -0.25) is 4.90 Å². The number of piperazine rings is 1. The average Bonchev–Trinajstić information content (AvgIpc) is 3.97. The largest absolute Gasteiger partial charge is 0.497 e. The number of fused-ring (bicyclic) bond motifs is 3. The number of anilines is 2. The van der Waals surface area contributed by atoms with Crippen molar-refractivity contribution in [2.45, 2.75) is 63.7 Å². The third-order valence-electron chi connectivity index (χ3n) is 10.7. The van der Waals surface area contributed by atoms with Crippen LogP contribution in [0.15, 0.2) is 60.7 Å². The van der Waals surface area contributed by atoms with Crippen LogP contribution in [0.3, 0.4) is 0 Å². The first-order valence-electron chi connectivity index (χ1n) is 17.8. The smallest absolute Gasteiger partial charge is 0.407 e. The molecule has 3 fully saturated rings. The molecule has 0 spiro atoms. The van der Waals surface area contributed by atoms with Crippen LogP contribution in [0.4, 0.5) is 25.2 Å². The molecule has 53 heavy (non-hydrogen) atoms. The highest BCUT2D eigenvalue weighted by molar-refractivity contribution is 14.1. The lowest BCUT2D eigenvalue weighted by Gasteiger charge is -2.40. The van der Waals surface area contributed by atoms with Gasteiger partial charge in [-0.2, -0.15) is 14.4 Å². The number of amides is 1. The topological polar surface area (TPSA) is 104 Å². The molecule has 1 N–H and O–H groups in total. The van der Waals surface area contributed by atoms with E-state index in [9.17, 15) is 9.90 Å². The molecule has 2 aliphatic heterocycles. The number of hydrogen-bond donors (Lipinski definition) is 1. The number of ether oxygens (including phenoxy) is 2. The second-order valence-electron chi connectivity index (χ2n) is 14.1. The lowest BCUT2D eigenvalue weighted by molar-refractivity contribution is 0.114. The molecule has 8 rings (SSSR count). The molecule has 1 amide bonds. The van der Waals surface area contributed by atoms with E-state index in [1.54, 1.807) is 14.2 Å². The highest BCUT2D eigenvalue weighted by atomic mass is 127. The maximum absolute atomic E-state index is 17.3. The van der Waals surface area contributed by atoms with Crippen molar-refractivity contribution in [2.75, 3.05) is 37.1 Å². The van der Waals surface area contributed by atoms with Crippen molar-refractivity contribution in [1.82, 2.24) is 19.9 Å². The number of rotatable bonds is 10. The molecule has 1 saturated carbocycles. The SMILES string of the molecule is COc1ccc(CN(Cc2ccc(OC)cc2)c2cc(C)c(I)c(-c3c(C4CC4)cc4c(N5CC6CCC(C5)N6C(=O)O)nc(F)nc4c3F)n2)cc1. The first-order valence-corrected chi connectivity index (χ1v) is 18.8. The van der Waals surface area contributed by atoms with Crippen molar-refractivity contribution in [3.05, 3.63) is 98.4 Å². The number of halogens is 3. The summed E-state index contributed by atoms with van der Waals surface area (Å²) in [6, 6.07) is 19.3. The lowest BCUT2D eigenvalue weighted by atomic mass is 9.95. The van der Waals surface area contributed by atoms with Gasteiger partial charge in [0.25, 0.3) is 0 Å². The molecule has 3 aromatic carbocycles. The summed E-state index contributed by atoms with van der Waals surface area (Å²) in [5, 5.41) is 10.2. The summed E-state index contributed by atoms with van der Waals surface area (Å²) >= 11 is 2.24. The van der Waals surface area contributed by atoms with Gasteiger partial charge in [-0.1, -0.05) is 24.3 Å². The van der Waals surface area contributed by atoms with Gasteiger partial charge in [-0.25, -0.2) is 14.2 Å². The second-order valence-corrected chi connectivity index (χ2v) is 15.2. The fraction of sp³-hybridized carbons (Fsp3) is 0.350. The van der Waals surface area contributed by atoms with Crippen LogP contribution in [0.2, 0.25) is 0 Å². The Hall–Kier alpha value is -4.79. The predicted octanol–water partition coefficient (Wildman–Crippen LogP) is 8.32. The van der Waals surface area contributed by atoms with Crippen molar-refractivity contribution < 1.29 is 28.2 Å². The maximum atomic E-state index is 17.3. The number of pyridine rings is 1. The number of nitrogens with zero attached hydrogens (tertiary/aromatic N) is 6. The van der Waals surface area contributed by atoms with Crippen LogP contribution in [0, 0.1) is 22.4 Å². The number of carbonyl (C=O) groups is 1. The Bertz CT molecular complexity index is 2140. The molecule has 10 nitrogen and oxygen atoms in total. The van der Waals surface area contributed by atoms with E-state index in [1.165, 1.54) is 4.90 Å². The molecule has 1 aliphatic carbocycles. The predicted molar refractivity (Wildman–Crippen MR) is 207 cm³/mol. The van der Waals surface area contributed by atoms with Gasteiger partial charge >= 0.3 is 12.2 Å². The number of aryl methyl sites for hydroxylation is 1. The van der Waals surface area contributed by atoms with Gasteiger partial charge in [-0.15, -0.1) is 0 Å². The van der Waals surface area contributed by atoms with E-state index < -0.39 is 18.0 Å². The van der Waals surface area contributed by atoms with E-state index in [0.29, 0.717) is 54.5 Å². The average molecular weight is 833 g/mol. The Kier molecular flexibility index (Phi) is 9.46. The van der Waals surface area contributed by atoms with Gasteiger partial charge in [0.05, 0.1) is 32.0 Å². The van der Waals surface area contributed by atoms with Gasteiger partial charge in [0, 0.05) is 40.7 Å². The van der Waals surface area contributed by atoms with Gasteiger partial charge in [0.1, 0.15) is 28.7 Å². The minimum absolute atomic E-state index is 0.103. The first kappa shape index (κ1) is 35.3. The summed E-state index contributed by atoms with van der Waals surface area (Å²) in [7, 11) is 3.28. The normalized spacial score (nSPS) is 18.1. The molecule has 2 atom stereocenters. The molecule has 2 unspecified atom stereocenters. The molecule has 0 radical (unpaired) electrons. The molecule has 2 bridgehead atoms. The fourth-order valence-corrected chi connectivity index (χ4v) is 8.42. The Balaban J connectivity index is 1.24. The number of methoxy groups -OCH3 is 2. The minimum Gasteiger partial charge on any atom is -0.497 e. The van der Waals surface area contributed by atoms with Gasteiger partial charge in [0.2, 0.25) is 0 Å². The Labute approximate surface area is 319 Å². The van der Waals surface area contributed by atoms with Crippen LogP contribution >= 0.6 is 22.6 Å². The van der Waals surface area contributed by atoms with E-state index in [2.05, 4.69) is 37.5 Å². The summed E-state index contributed by atoms with van der Waals surface area (Å²) in [5.41, 5.74) is 4.56. The quantitative estimate of drug-likeness (QED) is 0.110. The van der Waals surface area contributed by atoms with Crippen LogP contribution in [-0.2, 0) is 13.1 Å². The molecular formula is C40H39F2IN6O4. The van der Waals surface area contributed by atoms with E-state index in [1.807, 2.05) is 72.5 Å². The first-order chi connectivity index (χ1) is 25.6. The van der Waals surface area contributed by atoms with Crippen molar-refractivity contribution in [3.8, 4) is 22.8 Å². The van der Waals surface area contributed by atoms with Crippen molar-refractivity contribution >= 4 is 51.2 Å². The van der Waals surface area contributed by atoms with Crippen molar-refractivity contribution in [1.29, 1.82) is 0 Å². The van der Waals surface area contributed by atoms with Gasteiger partial charge in [-0.05, 0) is 120 Å². The highest BCUT2D eigenvalue weighted by Gasteiger charge is 2.44. The number of hydrogen-bond acceptors (Lipinski definition) is 8. The third kappa shape index (κ3) is 6.79. The Morgan fingerprint density at radius 2 is 1.47 bits per heavy atom. The molecule has 2 aromatic heterocycles. The molecule has 13 heteroatoms. The zero-order valence-electron chi connectivity index (χ0n) is 29.7. The summed E-state index contributed by atoms with van der Waals surface area (Å²) < 4.78 is 44.2. The van der Waals surface area contributed by atoms with E-state index in [0.717, 1.165) is 63.0 Å². The van der Waals surface area contributed by atoms with Crippen LogP contribution in [0.1, 0.15) is 53.9 Å². The fourth-order valence-electron chi connectivity index (χ4n) is 7.88. The maximum Gasteiger partial charge on any atom is 0.407 e. The molecular weight excluding hydrogens is 793 g/mol. The minimum atomic E-state index is -1.03. The van der Waals surface area contributed by atoms with E-state index >= 15 is 8.78 Å². The summed E-state index contributed by atoms with van der Waals surface area (Å²) in [6.07, 6.45) is 1.26. The molecule has 4 heterocycles. The highest BCUT2D eigenvalue weighted by Crippen LogP contribution is 2.49. The van der Waals surface area contributed by atoms with Gasteiger partial charge < -0.3 is 24.4 Å². The van der Waals surface area contributed by atoms with Gasteiger partial charge in [0.15, 0.2) is 5.82 Å². The van der Waals surface area contributed by atoms with Crippen LogP contribution in [-0.4, -0.2) is 70.4 Å². The summed E-state index contributed by atoms with van der Waals surface area (Å²) in [4.78, 5) is 31.0. The summed E-state index contributed by atoms with van der Waals surface area (Å²) in [5.74, 6) is 1.99.